The number of amides is 2. The van der Waals surface area contributed by atoms with Gasteiger partial charge in [-0.3, -0.25) is 9.59 Å². The lowest BCUT2D eigenvalue weighted by molar-refractivity contribution is -0.166. The molecule has 0 aromatic rings. The molecule has 136 valence electrons. The average molecular weight is 338 g/mol. The fourth-order valence-corrected chi connectivity index (χ4v) is 2.96. The maximum atomic E-state index is 12.8. The highest BCUT2D eigenvalue weighted by Gasteiger charge is 2.38. The quantitative estimate of drug-likeness (QED) is 0.567. The Balaban J connectivity index is 2.82. The molecule has 1 unspecified atom stereocenters. The van der Waals surface area contributed by atoms with Crippen molar-refractivity contribution in [2.75, 3.05) is 20.1 Å². The van der Waals surface area contributed by atoms with Crippen LogP contribution in [0, 0.1) is 11.8 Å². The second-order valence-corrected chi connectivity index (χ2v) is 7.65. The van der Waals surface area contributed by atoms with Crippen LogP contribution in [0.2, 0.25) is 0 Å². The molecule has 2 amide bonds. The Labute approximate surface area is 144 Å². The summed E-state index contributed by atoms with van der Waals surface area (Å²) in [5, 5.41) is 0. The van der Waals surface area contributed by atoms with E-state index in [0.29, 0.717) is 19.5 Å². The van der Waals surface area contributed by atoms with Gasteiger partial charge in [0, 0.05) is 20.1 Å². The summed E-state index contributed by atoms with van der Waals surface area (Å²) in [7, 11) is 1.63. The molecule has 2 atom stereocenters. The van der Waals surface area contributed by atoms with Gasteiger partial charge in [-0.05, 0) is 39.2 Å². The predicted molar refractivity (Wildman–Crippen MR) is 92.1 cm³/mol. The van der Waals surface area contributed by atoms with Crippen LogP contribution in [0.1, 0.15) is 41.0 Å². The molecule has 0 N–H and O–H groups in total. The van der Waals surface area contributed by atoms with E-state index in [1.165, 1.54) is 11.0 Å². The second-order valence-electron chi connectivity index (χ2n) is 7.65. The van der Waals surface area contributed by atoms with E-state index >= 15 is 0 Å². The van der Waals surface area contributed by atoms with Crippen molar-refractivity contribution in [2.45, 2.75) is 52.7 Å². The smallest absolute Gasteiger partial charge is 0.329 e. The standard InChI is InChI=1S/C18H30N2O4/c1-8-14(21)20-10-9-13(11-20)16(22)19(7)15(12(2)3)17(23)24-18(4,5)6/h8,12-13,15H,1,9-11H2,2-7H3/t13-,15?/m0/s1. The SMILES string of the molecule is C=CC(=O)N1CC[C@H](C(=O)N(C)C(C(=O)OC(C)(C)C)C(C)C)C1. The first kappa shape index (κ1) is 20.2. The van der Waals surface area contributed by atoms with Gasteiger partial charge in [-0.15, -0.1) is 0 Å². The molecule has 6 heteroatoms. The average Bonchev–Trinajstić information content (AvgIpc) is 2.92. The zero-order valence-corrected chi connectivity index (χ0v) is 15.7. The monoisotopic (exact) mass is 338 g/mol. The van der Waals surface area contributed by atoms with Gasteiger partial charge in [-0.1, -0.05) is 20.4 Å². The number of nitrogens with zero attached hydrogens (tertiary/aromatic N) is 2. The summed E-state index contributed by atoms with van der Waals surface area (Å²) < 4.78 is 5.46. The van der Waals surface area contributed by atoms with Gasteiger partial charge in [0.05, 0.1) is 5.92 Å². The van der Waals surface area contributed by atoms with Crippen LogP contribution in [0.15, 0.2) is 12.7 Å². The third-order valence-corrected chi connectivity index (χ3v) is 4.07. The van der Waals surface area contributed by atoms with Crippen LogP contribution in [0.3, 0.4) is 0 Å². The number of carbonyl (C=O) groups is 3. The molecule has 1 fully saturated rings. The number of likely N-dealkylation sites (N-methyl/N-ethyl adjacent to an activating group) is 1. The van der Waals surface area contributed by atoms with Crippen molar-refractivity contribution in [3.63, 3.8) is 0 Å². The van der Waals surface area contributed by atoms with Crippen LogP contribution >= 0.6 is 0 Å². The Kier molecular flexibility index (Phi) is 6.58. The predicted octanol–water partition coefficient (Wildman–Crippen LogP) is 1.85. The molecule has 0 aromatic heterocycles. The van der Waals surface area contributed by atoms with E-state index in [2.05, 4.69) is 6.58 Å². The minimum atomic E-state index is -0.638. The first-order valence-electron chi connectivity index (χ1n) is 8.38. The summed E-state index contributed by atoms with van der Waals surface area (Å²) in [5.41, 5.74) is -0.603. The zero-order valence-electron chi connectivity index (χ0n) is 15.7. The molecule has 1 rings (SSSR count). The lowest BCUT2D eigenvalue weighted by atomic mass is 9.99. The summed E-state index contributed by atoms with van der Waals surface area (Å²) in [6.07, 6.45) is 1.86. The number of esters is 1. The molecule has 1 heterocycles. The Hall–Kier alpha value is -1.85. The van der Waals surface area contributed by atoms with Gasteiger partial charge in [-0.2, -0.15) is 0 Å². The minimum absolute atomic E-state index is 0.0684. The van der Waals surface area contributed by atoms with Crippen molar-refractivity contribution >= 4 is 17.8 Å². The molecule has 0 spiro atoms. The number of likely N-dealkylation sites (tertiary alicyclic amines) is 1. The van der Waals surface area contributed by atoms with Gasteiger partial charge in [0.2, 0.25) is 11.8 Å². The molecule has 0 saturated carbocycles. The molecule has 24 heavy (non-hydrogen) atoms. The van der Waals surface area contributed by atoms with Crippen molar-refractivity contribution < 1.29 is 19.1 Å². The maximum Gasteiger partial charge on any atom is 0.329 e. The van der Waals surface area contributed by atoms with E-state index in [1.54, 1.807) is 32.7 Å². The lowest BCUT2D eigenvalue weighted by Crippen LogP contribution is -2.50. The first-order valence-corrected chi connectivity index (χ1v) is 8.38. The number of ether oxygens (including phenoxy) is 1. The van der Waals surface area contributed by atoms with E-state index in [-0.39, 0.29) is 23.7 Å². The topological polar surface area (TPSA) is 66.9 Å². The number of hydrogen-bond donors (Lipinski definition) is 0. The lowest BCUT2D eigenvalue weighted by Gasteiger charge is -2.33. The molecule has 0 aromatic carbocycles. The van der Waals surface area contributed by atoms with Gasteiger partial charge in [-0.25, -0.2) is 4.79 Å². The number of carbonyl (C=O) groups excluding carboxylic acids is 3. The second kappa shape index (κ2) is 7.81. The fourth-order valence-electron chi connectivity index (χ4n) is 2.96. The molecule has 1 aliphatic rings. The Morgan fingerprint density at radius 3 is 2.33 bits per heavy atom. The summed E-state index contributed by atoms with van der Waals surface area (Å²) in [6, 6.07) is -0.638. The van der Waals surface area contributed by atoms with Gasteiger partial charge in [0.1, 0.15) is 11.6 Å². The van der Waals surface area contributed by atoms with Crippen molar-refractivity contribution in [1.29, 1.82) is 0 Å². The van der Waals surface area contributed by atoms with E-state index in [4.69, 9.17) is 4.74 Å². The van der Waals surface area contributed by atoms with Crippen LogP contribution in [0.25, 0.3) is 0 Å². The Morgan fingerprint density at radius 2 is 1.88 bits per heavy atom. The largest absolute Gasteiger partial charge is 0.458 e. The minimum Gasteiger partial charge on any atom is -0.458 e. The van der Waals surface area contributed by atoms with E-state index in [9.17, 15) is 14.4 Å². The molecular weight excluding hydrogens is 308 g/mol. The third-order valence-electron chi connectivity index (χ3n) is 4.07. The van der Waals surface area contributed by atoms with Crippen LogP contribution in [-0.2, 0) is 19.1 Å². The number of hydrogen-bond acceptors (Lipinski definition) is 4. The van der Waals surface area contributed by atoms with E-state index in [1.807, 2.05) is 13.8 Å². The summed E-state index contributed by atoms with van der Waals surface area (Å²) >= 11 is 0. The summed E-state index contributed by atoms with van der Waals surface area (Å²) in [6.45, 7) is 13.6. The zero-order chi connectivity index (χ0) is 18.7. The van der Waals surface area contributed by atoms with Gasteiger partial charge in [0.25, 0.3) is 0 Å². The van der Waals surface area contributed by atoms with E-state index < -0.39 is 17.6 Å². The molecule has 6 nitrogen and oxygen atoms in total. The van der Waals surface area contributed by atoms with Gasteiger partial charge >= 0.3 is 5.97 Å². The highest BCUT2D eigenvalue weighted by molar-refractivity contribution is 5.89. The van der Waals surface area contributed by atoms with Crippen LogP contribution in [0.4, 0.5) is 0 Å². The normalized spacial score (nSPS) is 19.1. The van der Waals surface area contributed by atoms with Crippen LogP contribution in [-0.4, -0.2) is 59.4 Å². The maximum absolute atomic E-state index is 12.8. The summed E-state index contributed by atoms with van der Waals surface area (Å²) in [4.78, 5) is 40.0. The molecular formula is C18H30N2O4. The van der Waals surface area contributed by atoms with E-state index in [0.717, 1.165) is 0 Å². The van der Waals surface area contributed by atoms with Crippen molar-refractivity contribution in [2.24, 2.45) is 11.8 Å². The fraction of sp³-hybridized carbons (Fsp3) is 0.722. The van der Waals surface area contributed by atoms with Crippen LogP contribution in [0.5, 0.6) is 0 Å². The van der Waals surface area contributed by atoms with Gasteiger partial charge in [0.15, 0.2) is 0 Å². The summed E-state index contributed by atoms with van der Waals surface area (Å²) in [5.74, 6) is -1.05. The first-order chi connectivity index (χ1) is 11.0. The van der Waals surface area contributed by atoms with Crippen LogP contribution < -0.4 is 0 Å². The molecule has 0 radical (unpaired) electrons. The van der Waals surface area contributed by atoms with Crippen molar-refractivity contribution in [1.82, 2.24) is 9.80 Å². The highest BCUT2D eigenvalue weighted by atomic mass is 16.6. The molecule has 1 saturated heterocycles. The number of rotatable bonds is 5. The molecule has 0 bridgehead atoms. The third kappa shape index (κ3) is 5.08. The van der Waals surface area contributed by atoms with Crippen molar-refractivity contribution in [3.8, 4) is 0 Å². The Morgan fingerprint density at radius 1 is 1.29 bits per heavy atom. The van der Waals surface area contributed by atoms with Crippen molar-refractivity contribution in [3.05, 3.63) is 12.7 Å². The molecule has 1 aliphatic heterocycles. The Bertz CT molecular complexity index is 508. The van der Waals surface area contributed by atoms with Gasteiger partial charge < -0.3 is 14.5 Å². The molecule has 0 aliphatic carbocycles. The highest BCUT2D eigenvalue weighted by Crippen LogP contribution is 2.23.